The molecule has 23 heavy (non-hydrogen) atoms. The van der Waals surface area contributed by atoms with Crippen molar-refractivity contribution in [3.63, 3.8) is 0 Å². The van der Waals surface area contributed by atoms with Gasteiger partial charge in [0.15, 0.2) is 11.8 Å². The van der Waals surface area contributed by atoms with Crippen molar-refractivity contribution in [2.24, 2.45) is 12.0 Å². The van der Waals surface area contributed by atoms with Gasteiger partial charge in [0.2, 0.25) is 0 Å². The van der Waals surface area contributed by atoms with Crippen molar-refractivity contribution in [1.29, 1.82) is 0 Å². The molecule has 7 heteroatoms. The van der Waals surface area contributed by atoms with E-state index in [4.69, 9.17) is 11.6 Å². The van der Waals surface area contributed by atoms with Crippen molar-refractivity contribution in [2.45, 2.75) is 26.8 Å². The maximum Gasteiger partial charge on any atom is 0.191 e. The summed E-state index contributed by atoms with van der Waals surface area (Å²) in [7, 11) is 1.95. The van der Waals surface area contributed by atoms with Crippen LogP contribution >= 0.6 is 11.6 Å². The zero-order chi connectivity index (χ0) is 16.7. The van der Waals surface area contributed by atoms with Crippen molar-refractivity contribution in [3.05, 3.63) is 46.5 Å². The lowest BCUT2D eigenvalue weighted by Crippen LogP contribution is -2.38. The van der Waals surface area contributed by atoms with Crippen molar-refractivity contribution in [3.8, 4) is 0 Å². The predicted octanol–water partition coefficient (Wildman–Crippen LogP) is 2.07. The molecule has 0 bridgehead atoms. The van der Waals surface area contributed by atoms with Crippen molar-refractivity contribution in [2.75, 3.05) is 13.1 Å². The summed E-state index contributed by atoms with van der Waals surface area (Å²) in [6, 6.07) is 7.89. The van der Waals surface area contributed by atoms with Gasteiger partial charge in [-0.25, -0.2) is 4.99 Å². The summed E-state index contributed by atoms with van der Waals surface area (Å²) in [5.74, 6) is 2.51. The van der Waals surface area contributed by atoms with E-state index in [9.17, 15) is 0 Å². The monoisotopic (exact) mass is 334 g/mol. The van der Waals surface area contributed by atoms with Crippen molar-refractivity contribution >= 4 is 17.6 Å². The third-order valence-electron chi connectivity index (χ3n) is 3.52. The molecule has 0 aliphatic carbocycles. The second kappa shape index (κ2) is 8.53. The van der Waals surface area contributed by atoms with E-state index in [0.29, 0.717) is 6.54 Å². The highest BCUT2D eigenvalue weighted by Gasteiger charge is 2.04. The number of hydrogen-bond donors (Lipinski definition) is 2. The molecule has 0 amide bonds. The van der Waals surface area contributed by atoms with Gasteiger partial charge in [-0.05, 0) is 38.0 Å². The maximum absolute atomic E-state index is 5.89. The number of nitrogens with zero attached hydrogens (tertiary/aromatic N) is 4. The molecule has 0 saturated carbocycles. The number of hydrogen-bond acceptors (Lipinski definition) is 3. The number of halogens is 1. The highest BCUT2D eigenvalue weighted by atomic mass is 35.5. The molecule has 0 aliphatic rings. The Hall–Kier alpha value is -2.08. The second-order valence-electron chi connectivity index (χ2n) is 5.22. The molecule has 1 aromatic carbocycles. The average Bonchev–Trinajstić information content (AvgIpc) is 2.86. The van der Waals surface area contributed by atoms with Crippen LogP contribution in [-0.4, -0.2) is 33.8 Å². The Morgan fingerprint density at radius 2 is 1.96 bits per heavy atom. The number of benzene rings is 1. The Morgan fingerprint density at radius 3 is 2.57 bits per heavy atom. The van der Waals surface area contributed by atoms with Crippen molar-refractivity contribution < 1.29 is 0 Å². The number of rotatable bonds is 6. The molecule has 0 aliphatic heterocycles. The number of guanidine groups is 1. The molecule has 2 aromatic rings. The van der Waals surface area contributed by atoms with E-state index in [1.165, 1.54) is 5.56 Å². The fourth-order valence-electron chi connectivity index (χ4n) is 2.06. The smallest absolute Gasteiger partial charge is 0.191 e. The molecule has 2 N–H and O–H groups in total. The Morgan fingerprint density at radius 1 is 1.22 bits per heavy atom. The molecular weight excluding hydrogens is 312 g/mol. The Balaban J connectivity index is 1.88. The average molecular weight is 335 g/mol. The highest BCUT2D eigenvalue weighted by molar-refractivity contribution is 6.30. The Labute approximate surface area is 142 Å². The van der Waals surface area contributed by atoms with Crippen LogP contribution in [0.3, 0.4) is 0 Å². The van der Waals surface area contributed by atoms with Crippen LogP contribution in [-0.2, 0) is 20.0 Å². The number of nitrogens with one attached hydrogen (secondary N) is 2. The lowest BCUT2D eigenvalue weighted by Gasteiger charge is -2.11. The molecule has 0 unspecified atom stereocenters. The van der Waals surface area contributed by atoms with Gasteiger partial charge in [-0.2, -0.15) is 0 Å². The first kappa shape index (κ1) is 17.3. The quantitative estimate of drug-likeness (QED) is 0.627. The molecule has 0 radical (unpaired) electrons. The van der Waals surface area contributed by atoms with E-state index in [1.807, 2.05) is 49.7 Å². The van der Waals surface area contributed by atoms with Gasteiger partial charge in [-0.15, -0.1) is 10.2 Å². The fourth-order valence-corrected chi connectivity index (χ4v) is 2.18. The van der Waals surface area contributed by atoms with Gasteiger partial charge in [-0.1, -0.05) is 23.7 Å². The normalized spacial score (nSPS) is 11.6. The minimum atomic E-state index is 0.494. The van der Waals surface area contributed by atoms with Crippen LogP contribution in [0.15, 0.2) is 29.3 Å². The van der Waals surface area contributed by atoms with Gasteiger partial charge in [0, 0.05) is 25.2 Å². The van der Waals surface area contributed by atoms with Crippen LogP contribution in [0.25, 0.3) is 0 Å². The zero-order valence-electron chi connectivity index (χ0n) is 13.8. The largest absolute Gasteiger partial charge is 0.357 e. The molecular formula is C16H23ClN6. The summed E-state index contributed by atoms with van der Waals surface area (Å²) < 4.78 is 1.95. The van der Waals surface area contributed by atoms with Gasteiger partial charge in [0.05, 0.1) is 0 Å². The molecule has 0 saturated heterocycles. The zero-order valence-corrected chi connectivity index (χ0v) is 14.6. The van der Waals surface area contributed by atoms with E-state index in [1.54, 1.807) is 0 Å². The molecule has 1 heterocycles. The van der Waals surface area contributed by atoms with Crippen LogP contribution in [0.1, 0.15) is 24.1 Å². The first-order valence-corrected chi connectivity index (χ1v) is 8.09. The summed E-state index contributed by atoms with van der Waals surface area (Å²) in [5, 5.41) is 15.5. The van der Waals surface area contributed by atoms with E-state index < -0.39 is 0 Å². The van der Waals surface area contributed by atoms with Crippen LogP contribution < -0.4 is 10.6 Å². The van der Waals surface area contributed by atoms with E-state index in [0.717, 1.165) is 42.1 Å². The molecule has 0 spiro atoms. The third-order valence-corrected chi connectivity index (χ3v) is 3.78. The van der Waals surface area contributed by atoms with Crippen LogP contribution in [0.5, 0.6) is 0 Å². The predicted molar refractivity (Wildman–Crippen MR) is 93.7 cm³/mol. The summed E-state index contributed by atoms with van der Waals surface area (Å²) >= 11 is 5.89. The molecule has 1 aromatic heterocycles. The topological polar surface area (TPSA) is 67.1 Å². The summed E-state index contributed by atoms with van der Waals surface area (Å²) in [4.78, 5) is 4.55. The Bertz CT molecular complexity index is 647. The van der Waals surface area contributed by atoms with Gasteiger partial charge < -0.3 is 15.2 Å². The fraction of sp³-hybridized carbons (Fsp3) is 0.438. The first-order chi connectivity index (χ1) is 11.1. The summed E-state index contributed by atoms with van der Waals surface area (Å²) in [6.45, 7) is 6.07. The molecule has 0 fully saturated rings. The molecule has 2 rings (SSSR count). The van der Waals surface area contributed by atoms with Crippen molar-refractivity contribution in [1.82, 2.24) is 25.4 Å². The number of aliphatic imine (C=N–C) groups is 1. The third kappa shape index (κ3) is 5.25. The highest BCUT2D eigenvalue weighted by Crippen LogP contribution is 2.09. The minimum Gasteiger partial charge on any atom is -0.357 e. The Kier molecular flexibility index (Phi) is 6.40. The van der Waals surface area contributed by atoms with Crippen LogP contribution in [0.2, 0.25) is 5.02 Å². The molecule has 0 atom stereocenters. The van der Waals surface area contributed by atoms with Crippen LogP contribution in [0.4, 0.5) is 0 Å². The standard InChI is InChI=1S/C16H23ClN6/c1-4-18-16(20-11-15-22-21-12(2)23(15)3)19-10-9-13-5-7-14(17)8-6-13/h5-8H,4,9-11H2,1-3H3,(H2,18,19,20). The molecule has 124 valence electrons. The summed E-state index contributed by atoms with van der Waals surface area (Å²) in [5.41, 5.74) is 1.24. The van der Waals surface area contributed by atoms with E-state index in [-0.39, 0.29) is 0 Å². The minimum absolute atomic E-state index is 0.494. The second-order valence-corrected chi connectivity index (χ2v) is 5.66. The van der Waals surface area contributed by atoms with Gasteiger partial charge >= 0.3 is 0 Å². The van der Waals surface area contributed by atoms with Gasteiger partial charge in [-0.3, -0.25) is 0 Å². The SMILES string of the molecule is CCNC(=NCc1nnc(C)n1C)NCCc1ccc(Cl)cc1. The lowest BCUT2D eigenvalue weighted by atomic mass is 10.1. The number of aryl methyl sites for hydroxylation is 1. The van der Waals surface area contributed by atoms with E-state index >= 15 is 0 Å². The molecule has 6 nitrogen and oxygen atoms in total. The maximum atomic E-state index is 5.89. The van der Waals surface area contributed by atoms with Gasteiger partial charge in [0.1, 0.15) is 12.4 Å². The number of aromatic nitrogens is 3. The first-order valence-electron chi connectivity index (χ1n) is 7.71. The lowest BCUT2D eigenvalue weighted by molar-refractivity contribution is 0.753. The summed E-state index contributed by atoms with van der Waals surface area (Å²) in [6.07, 6.45) is 0.907. The van der Waals surface area contributed by atoms with Crippen LogP contribution in [0, 0.1) is 6.92 Å². The van der Waals surface area contributed by atoms with Gasteiger partial charge in [0.25, 0.3) is 0 Å². The van der Waals surface area contributed by atoms with E-state index in [2.05, 4.69) is 25.8 Å².